The second-order valence-corrected chi connectivity index (χ2v) is 7.57. The summed E-state index contributed by atoms with van der Waals surface area (Å²) in [5.41, 5.74) is 6.32. The fourth-order valence-electron chi connectivity index (χ4n) is 4.41. The number of fused-ring (bicyclic) bond motifs is 2. The summed E-state index contributed by atoms with van der Waals surface area (Å²) in [4.78, 5) is 16.1. The van der Waals surface area contributed by atoms with Gasteiger partial charge >= 0.3 is 0 Å². The van der Waals surface area contributed by atoms with Gasteiger partial charge in [0.1, 0.15) is 6.10 Å². The van der Waals surface area contributed by atoms with E-state index in [1.807, 2.05) is 11.0 Å². The van der Waals surface area contributed by atoms with Gasteiger partial charge in [-0.05, 0) is 42.5 Å². The van der Waals surface area contributed by atoms with Gasteiger partial charge in [0.25, 0.3) is 0 Å². The molecule has 2 N–H and O–H groups in total. The molecule has 2 saturated carbocycles. The number of hydrogen-bond donors (Lipinski definition) is 1. The predicted molar refractivity (Wildman–Crippen MR) is 81.9 cm³/mol. The minimum absolute atomic E-state index is 0.0394. The van der Waals surface area contributed by atoms with Crippen molar-refractivity contribution in [3.8, 4) is 0 Å². The lowest BCUT2D eigenvalue weighted by molar-refractivity contribution is -0.145. The average Bonchev–Trinajstić information content (AvgIpc) is 3.24. The van der Waals surface area contributed by atoms with E-state index in [-0.39, 0.29) is 24.0 Å². The highest BCUT2D eigenvalue weighted by Gasteiger charge is 2.50. The van der Waals surface area contributed by atoms with Crippen LogP contribution in [-0.4, -0.2) is 36.5 Å². The summed E-state index contributed by atoms with van der Waals surface area (Å²) in [6, 6.07) is 4.21. The molecule has 1 amide bonds. The number of thiophene rings is 1. The van der Waals surface area contributed by atoms with Gasteiger partial charge in [-0.25, -0.2) is 0 Å². The van der Waals surface area contributed by atoms with Crippen LogP contribution in [0.5, 0.6) is 0 Å². The molecular formula is C16H22N2O2S. The van der Waals surface area contributed by atoms with Gasteiger partial charge in [0.05, 0.1) is 19.1 Å². The number of ether oxygens (including phenoxy) is 1. The van der Waals surface area contributed by atoms with Gasteiger partial charge in [0, 0.05) is 17.5 Å². The summed E-state index contributed by atoms with van der Waals surface area (Å²) in [6.07, 6.45) is 3.61. The maximum atomic E-state index is 12.9. The molecule has 21 heavy (non-hydrogen) atoms. The fourth-order valence-corrected chi connectivity index (χ4v) is 5.17. The van der Waals surface area contributed by atoms with E-state index < -0.39 is 0 Å². The number of carbonyl (C=O) groups is 1. The zero-order chi connectivity index (χ0) is 14.4. The monoisotopic (exact) mass is 306 g/mol. The van der Waals surface area contributed by atoms with Crippen molar-refractivity contribution in [2.24, 2.45) is 23.5 Å². The van der Waals surface area contributed by atoms with Crippen molar-refractivity contribution in [3.63, 3.8) is 0 Å². The van der Waals surface area contributed by atoms with Crippen LogP contribution in [0.3, 0.4) is 0 Å². The Labute approximate surface area is 129 Å². The number of nitrogens with zero attached hydrogens (tertiary/aromatic N) is 1. The zero-order valence-electron chi connectivity index (χ0n) is 12.1. The highest BCUT2D eigenvalue weighted by atomic mass is 32.1. The SMILES string of the molecule is NC1C2CCC(C2)C1C(=O)N1CCOC(c2cccs2)C1. The quantitative estimate of drug-likeness (QED) is 0.909. The molecule has 114 valence electrons. The van der Waals surface area contributed by atoms with Gasteiger partial charge in [-0.1, -0.05) is 6.07 Å². The molecule has 1 aliphatic heterocycles. The topological polar surface area (TPSA) is 55.6 Å². The summed E-state index contributed by atoms with van der Waals surface area (Å²) in [5.74, 6) is 1.45. The highest BCUT2D eigenvalue weighted by molar-refractivity contribution is 7.10. The minimum Gasteiger partial charge on any atom is -0.369 e. The van der Waals surface area contributed by atoms with Crippen LogP contribution in [0, 0.1) is 17.8 Å². The van der Waals surface area contributed by atoms with Crippen LogP contribution in [0.4, 0.5) is 0 Å². The number of rotatable bonds is 2. The highest BCUT2D eigenvalue weighted by Crippen LogP contribution is 2.48. The molecule has 3 aliphatic rings. The first-order valence-corrected chi connectivity index (χ1v) is 8.81. The largest absolute Gasteiger partial charge is 0.369 e. The van der Waals surface area contributed by atoms with Gasteiger partial charge in [0.2, 0.25) is 5.91 Å². The molecule has 0 aromatic carbocycles. The molecule has 4 rings (SSSR count). The van der Waals surface area contributed by atoms with Crippen LogP contribution in [0.15, 0.2) is 17.5 Å². The van der Waals surface area contributed by atoms with Gasteiger partial charge in [-0.15, -0.1) is 11.3 Å². The van der Waals surface area contributed by atoms with Crippen LogP contribution >= 0.6 is 11.3 Å². The summed E-state index contributed by atoms with van der Waals surface area (Å²) in [7, 11) is 0. The Balaban J connectivity index is 1.47. The number of amides is 1. The first-order valence-electron chi connectivity index (χ1n) is 7.93. The third-order valence-electron chi connectivity index (χ3n) is 5.50. The van der Waals surface area contributed by atoms with Crippen molar-refractivity contribution in [2.45, 2.75) is 31.4 Å². The Hall–Kier alpha value is -0.910. The van der Waals surface area contributed by atoms with Crippen LogP contribution in [0.1, 0.15) is 30.2 Å². The molecule has 0 radical (unpaired) electrons. The number of carbonyl (C=O) groups excluding carboxylic acids is 1. The van der Waals surface area contributed by atoms with Gasteiger partial charge in [-0.2, -0.15) is 0 Å². The first kappa shape index (κ1) is 13.7. The smallest absolute Gasteiger partial charge is 0.227 e. The van der Waals surface area contributed by atoms with Crippen LogP contribution in [0.25, 0.3) is 0 Å². The van der Waals surface area contributed by atoms with Crippen LogP contribution in [0.2, 0.25) is 0 Å². The molecule has 5 atom stereocenters. The molecule has 5 unspecified atom stereocenters. The standard InChI is InChI=1S/C16H22N2O2S/c17-15-11-4-3-10(8-11)14(15)16(19)18-5-6-20-12(9-18)13-2-1-7-21-13/h1-2,7,10-12,14-15H,3-6,8-9,17H2. The maximum Gasteiger partial charge on any atom is 0.227 e. The van der Waals surface area contributed by atoms with Crippen LogP contribution < -0.4 is 5.73 Å². The van der Waals surface area contributed by atoms with Crippen LogP contribution in [-0.2, 0) is 9.53 Å². The van der Waals surface area contributed by atoms with Crippen molar-refractivity contribution in [1.29, 1.82) is 0 Å². The molecule has 0 spiro atoms. The molecule has 2 bridgehead atoms. The summed E-state index contributed by atoms with van der Waals surface area (Å²) >= 11 is 1.70. The lowest BCUT2D eigenvalue weighted by atomic mass is 9.84. The molecule has 1 aromatic rings. The van der Waals surface area contributed by atoms with Crippen molar-refractivity contribution in [3.05, 3.63) is 22.4 Å². The van der Waals surface area contributed by atoms with Crippen molar-refractivity contribution < 1.29 is 9.53 Å². The fraction of sp³-hybridized carbons (Fsp3) is 0.688. The Morgan fingerprint density at radius 3 is 2.95 bits per heavy atom. The van der Waals surface area contributed by atoms with Gasteiger partial charge < -0.3 is 15.4 Å². The molecular weight excluding hydrogens is 284 g/mol. The molecule has 2 heterocycles. The van der Waals surface area contributed by atoms with Gasteiger partial charge in [-0.3, -0.25) is 4.79 Å². The molecule has 4 nitrogen and oxygen atoms in total. The van der Waals surface area contributed by atoms with Crippen molar-refractivity contribution >= 4 is 17.2 Å². The molecule has 2 aliphatic carbocycles. The van der Waals surface area contributed by atoms with E-state index in [9.17, 15) is 4.79 Å². The van der Waals surface area contributed by atoms with Gasteiger partial charge in [0.15, 0.2) is 0 Å². The molecule has 3 fully saturated rings. The first-order chi connectivity index (χ1) is 10.2. The normalized spacial score (nSPS) is 38.9. The van der Waals surface area contributed by atoms with E-state index in [2.05, 4.69) is 11.4 Å². The zero-order valence-corrected chi connectivity index (χ0v) is 12.9. The third kappa shape index (κ3) is 2.31. The second kappa shape index (κ2) is 5.38. The lowest BCUT2D eigenvalue weighted by Crippen LogP contribution is -2.50. The number of morpholine rings is 1. The van der Waals surface area contributed by atoms with E-state index in [0.717, 1.165) is 6.42 Å². The predicted octanol–water partition coefficient (Wildman–Crippen LogP) is 2.02. The minimum atomic E-state index is 0.0394. The summed E-state index contributed by atoms with van der Waals surface area (Å²) in [5, 5.41) is 2.06. The second-order valence-electron chi connectivity index (χ2n) is 6.60. The van der Waals surface area contributed by atoms with E-state index in [1.165, 1.54) is 17.7 Å². The Morgan fingerprint density at radius 1 is 1.38 bits per heavy atom. The molecule has 5 heteroatoms. The van der Waals surface area contributed by atoms with E-state index in [4.69, 9.17) is 10.5 Å². The Kier molecular flexibility index (Phi) is 3.52. The molecule has 1 saturated heterocycles. The number of hydrogen-bond acceptors (Lipinski definition) is 4. The van der Waals surface area contributed by atoms with E-state index in [1.54, 1.807) is 11.3 Å². The van der Waals surface area contributed by atoms with Crippen molar-refractivity contribution in [1.82, 2.24) is 4.90 Å². The maximum absolute atomic E-state index is 12.9. The average molecular weight is 306 g/mol. The summed E-state index contributed by atoms with van der Waals surface area (Å²) in [6.45, 7) is 2.02. The lowest BCUT2D eigenvalue weighted by Gasteiger charge is -2.37. The van der Waals surface area contributed by atoms with Crippen molar-refractivity contribution in [2.75, 3.05) is 19.7 Å². The Bertz CT molecular complexity index is 516. The Morgan fingerprint density at radius 2 is 2.24 bits per heavy atom. The van der Waals surface area contributed by atoms with E-state index >= 15 is 0 Å². The number of nitrogens with two attached hydrogens (primary N) is 1. The van der Waals surface area contributed by atoms with E-state index in [0.29, 0.717) is 31.5 Å². The molecule has 1 aromatic heterocycles. The third-order valence-corrected chi connectivity index (χ3v) is 6.47. The summed E-state index contributed by atoms with van der Waals surface area (Å²) < 4.78 is 5.84.